The highest BCUT2D eigenvalue weighted by atomic mass is 16.5. The lowest BCUT2D eigenvalue weighted by Gasteiger charge is -2.05. The maximum absolute atomic E-state index is 10.7. The molecule has 15 heavy (non-hydrogen) atoms. The second-order valence-electron chi connectivity index (χ2n) is 3.63. The summed E-state index contributed by atoms with van der Waals surface area (Å²) in [5, 5.41) is 9.12. The number of aryl methyl sites for hydroxylation is 1. The molecule has 0 spiro atoms. The van der Waals surface area contributed by atoms with E-state index in [4.69, 9.17) is 9.84 Å². The van der Waals surface area contributed by atoms with Crippen LogP contribution in [0.2, 0.25) is 0 Å². The van der Waals surface area contributed by atoms with Gasteiger partial charge >= 0.3 is 5.97 Å². The van der Waals surface area contributed by atoms with Gasteiger partial charge in [-0.15, -0.1) is 0 Å². The molecule has 82 valence electrons. The van der Waals surface area contributed by atoms with E-state index in [1.54, 1.807) is 19.1 Å². The van der Waals surface area contributed by atoms with Gasteiger partial charge in [0.05, 0.1) is 6.10 Å². The fourth-order valence-corrected chi connectivity index (χ4v) is 1.27. The average molecular weight is 208 g/mol. The number of benzene rings is 1. The topological polar surface area (TPSA) is 46.5 Å². The molecule has 0 heterocycles. The summed E-state index contributed by atoms with van der Waals surface area (Å²) in [6, 6.07) is 7.33. The number of aliphatic hydroxyl groups excluding tert-OH is 1. The van der Waals surface area contributed by atoms with Crippen LogP contribution in [-0.2, 0) is 11.2 Å². The number of hydrogen-bond acceptors (Lipinski definition) is 3. The molecule has 1 aromatic carbocycles. The number of aliphatic hydroxyl groups is 1. The Morgan fingerprint density at radius 3 is 2.47 bits per heavy atom. The van der Waals surface area contributed by atoms with Crippen molar-refractivity contribution in [2.75, 3.05) is 0 Å². The zero-order valence-electron chi connectivity index (χ0n) is 9.06. The highest BCUT2D eigenvalue weighted by molar-refractivity contribution is 5.69. The van der Waals surface area contributed by atoms with Crippen molar-refractivity contribution in [3.63, 3.8) is 0 Å². The SMILES string of the molecule is CC(=O)Oc1ccc(CC[C@@H](C)O)cc1. The van der Waals surface area contributed by atoms with E-state index in [1.165, 1.54) is 6.92 Å². The summed E-state index contributed by atoms with van der Waals surface area (Å²) in [6.45, 7) is 3.15. The van der Waals surface area contributed by atoms with Gasteiger partial charge in [-0.05, 0) is 37.5 Å². The molecule has 0 saturated heterocycles. The molecule has 0 aliphatic rings. The van der Waals surface area contributed by atoms with Gasteiger partial charge in [0.2, 0.25) is 0 Å². The molecule has 0 bridgehead atoms. The Balaban J connectivity index is 2.52. The molecule has 0 saturated carbocycles. The first-order valence-corrected chi connectivity index (χ1v) is 5.03. The minimum atomic E-state index is -0.313. The molecule has 3 nitrogen and oxygen atoms in total. The van der Waals surface area contributed by atoms with Crippen molar-refractivity contribution in [1.82, 2.24) is 0 Å². The summed E-state index contributed by atoms with van der Waals surface area (Å²) in [5.74, 6) is 0.245. The van der Waals surface area contributed by atoms with Gasteiger partial charge in [0, 0.05) is 6.92 Å². The van der Waals surface area contributed by atoms with E-state index in [1.807, 2.05) is 12.1 Å². The third-order valence-corrected chi connectivity index (χ3v) is 2.04. The first-order valence-electron chi connectivity index (χ1n) is 5.03. The van der Waals surface area contributed by atoms with Crippen molar-refractivity contribution in [2.45, 2.75) is 32.8 Å². The zero-order chi connectivity index (χ0) is 11.3. The Bertz CT molecular complexity index is 314. The Labute approximate surface area is 89.7 Å². The Morgan fingerprint density at radius 2 is 2.00 bits per heavy atom. The lowest BCUT2D eigenvalue weighted by molar-refractivity contribution is -0.131. The zero-order valence-corrected chi connectivity index (χ0v) is 9.06. The second-order valence-corrected chi connectivity index (χ2v) is 3.63. The number of carbonyl (C=O) groups is 1. The van der Waals surface area contributed by atoms with Crippen LogP contribution in [0.3, 0.4) is 0 Å². The fourth-order valence-electron chi connectivity index (χ4n) is 1.27. The smallest absolute Gasteiger partial charge is 0.308 e. The lowest BCUT2D eigenvalue weighted by atomic mass is 10.1. The first-order chi connectivity index (χ1) is 7.08. The van der Waals surface area contributed by atoms with Crippen LogP contribution < -0.4 is 4.74 Å². The summed E-state index contributed by atoms with van der Waals surface area (Å²) in [7, 11) is 0. The van der Waals surface area contributed by atoms with Gasteiger partial charge in [-0.1, -0.05) is 12.1 Å². The third-order valence-electron chi connectivity index (χ3n) is 2.04. The van der Waals surface area contributed by atoms with Crippen LogP contribution >= 0.6 is 0 Å². The van der Waals surface area contributed by atoms with E-state index in [0.29, 0.717) is 5.75 Å². The second kappa shape index (κ2) is 5.51. The van der Waals surface area contributed by atoms with Crippen LogP contribution in [0.1, 0.15) is 25.8 Å². The molecule has 1 atom stereocenters. The summed E-state index contributed by atoms with van der Waals surface area (Å²) in [5.41, 5.74) is 1.13. The van der Waals surface area contributed by atoms with E-state index in [0.717, 1.165) is 18.4 Å². The third kappa shape index (κ3) is 4.61. The first kappa shape index (κ1) is 11.7. The van der Waals surface area contributed by atoms with Gasteiger partial charge in [0.1, 0.15) is 5.75 Å². The monoisotopic (exact) mass is 208 g/mol. The van der Waals surface area contributed by atoms with Gasteiger partial charge in [0.25, 0.3) is 0 Å². The largest absolute Gasteiger partial charge is 0.427 e. The van der Waals surface area contributed by atoms with Crippen molar-refractivity contribution < 1.29 is 14.6 Å². The standard InChI is InChI=1S/C12H16O3/c1-9(13)3-4-11-5-7-12(8-6-11)15-10(2)14/h5-9,13H,3-4H2,1-2H3/t9-/m1/s1. The van der Waals surface area contributed by atoms with Crippen molar-refractivity contribution in [3.8, 4) is 5.75 Å². The van der Waals surface area contributed by atoms with Gasteiger partial charge < -0.3 is 9.84 Å². The van der Waals surface area contributed by atoms with E-state index >= 15 is 0 Å². The molecule has 1 aromatic rings. The maximum Gasteiger partial charge on any atom is 0.308 e. The minimum absolute atomic E-state index is 0.279. The van der Waals surface area contributed by atoms with Gasteiger partial charge in [0.15, 0.2) is 0 Å². The van der Waals surface area contributed by atoms with Crippen LogP contribution in [-0.4, -0.2) is 17.2 Å². The number of hydrogen-bond donors (Lipinski definition) is 1. The highest BCUT2D eigenvalue weighted by Gasteiger charge is 2.00. The summed E-state index contributed by atoms with van der Waals surface area (Å²) in [4.78, 5) is 10.7. The molecule has 0 aromatic heterocycles. The van der Waals surface area contributed by atoms with Crippen LogP contribution in [0, 0.1) is 0 Å². The molecular weight excluding hydrogens is 192 g/mol. The number of rotatable bonds is 4. The molecule has 0 radical (unpaired) electrons. The van der Waals surface area contributed by atoms with E-state index in [-0.39, 0.29) is 12.1 Å². The van der Waals surface area contributed by atoms with Crippen molar-refractivity contribution in [2.24, 2.45) is 0 Å². The molecule has 1 rings (SSSR count). The van der Waals surface area contributed by atoms with Crippen LogP contribution in [0.4, 0.5) is 0 Å². The van der Waals surface area contributed by atoms with E-state index in [9.17, 15) is 4.79 Å². The summed E-state index contributed by atoms with van der Waals surface area (Å²) >= 11 is 0. The van der Waals surface area contributed by atoms with E-state index < -0.39 is 0 Å². The molecular formula is C12H16O3. The summed E-state index contributed by atoms with van der Waals surface area (Å²) < 4.78 is 4.91. The Hall–Kier alpha value is -1.35. The molecule has 0 aliphatic heterocycles. The predicted octanol–water partition coefficient (Wildman–Crippen LogP) is 1.93. The lowest BCUT2D eigenvalue weighted by Crippen LogP contribution is -2.02. The molecule has 0 amide bonds. The maximum atomic E-state index is 10.7. The molecule has 3 heteroatoms. The molecule has 0 fully saturated rings. The number of carbonyl (C=O) groups excluding carboxylic acids is 1. The van der Waals surface area contributed by atoms with E-state index in [2.05, 4.69) is 0 Å². The Morgan fingerprint density at radius 1 is 1.40 bits per heavy atom. The highest BCUT2D eigenvalue weighted by Crippen LogP contribution is 2.14. The fraction of sp³-hybridized carbons (Fsp3) is 0.417. The van der Waals surface area contributed by atoms with Crippen LogP contribution in [0.25, 0.3) is 0 Å². The average Bonchev–Trinajstić information content (AvgIpc) is 2.16. The van der Waals surface area contributed by atoms with Crippen LogP contribution in [0.15, 0.2) is 24.3 Å². The van der Waals surface area contributed by atoms with Gasteiger partial charge in [-0.25, -0.2) is 0 Å². The quantitative estimate of drug-likeness (QED) is 0.607. The predicted molar refractivity (Wildman–Crippen MR) is 57.8 cm³/mol. The normalized spacial score (nSPS) is 12.2. The van der Waals surface area contributed by atoms with Crippen LogP contribution in [0.5, 0.6) is 5.75 Å². The molecule has 0 aliphatic carbocycles. The van der Waals surface area contributed by atoms with Gasteiger partial charge in [-0.2, -0.15) is 0 Å². The number of esters is 1. The number of ether oxygens (including phenoxy) is 1. The minimum Gasteiger partial charge on any atom is -0.427 e. The van der Waals surface area contributed by atoms with Crippen molar-refractivity contribution in [3.05, 3.63) is 29.8 Å². The molecule has 0 unspecified atom stereocenters. The Kier molecular flexibility index (Phi) is 4.31. The van der Waals surface area contributed by atoms with Crippen molar-refractivity contribution in [1.29, 1.82) is 0 Å². The summed E-state index contributed by atoms with van der Waals surface area (Å²) in [6.07, 6.45) is 1.29. The van der Waals surface area contributed by atoms with Gasteiger partial charge in [-0.3, -0.25) is 4.79 Å². The van der Waals surface area contributed by atoms with Crippen molar-refractivity contribution >= 4 is 5.97 Å². The molecule has 1 N–H and O–H groups in total.